The minimum Gasteiger partial charge on any atom is -0.450 e. The molecule has 1 amide bonds. The van der Waals surface area contributed by atoms with Gasteiger partial charge in [-0.3, -0.25) is 0 Å². The standard InChI is InChI=1S/C15H21F2N3O2/c1-2-3-8-22-15(21)19-13-6-4-11(5-7-13)12-9-18-20(10-12)14(16)17/h4,9-10,13-14H,2-3,5-8H2,1H3,(H,19,21). The summed E-state index contributed by atoms with van der Waals surface area (Å²) >= 11 is 0. The van der Waals surface area contributed by atoms with Crippen LogP contribution in [0.1, 0.15) is 51.1 Å². The van der Waals surface area contributed by atoms with Gasteiger partial charge in [0.1, 0.15) is 0 Å². The minimum absolute atomic E-state index is 0.0306. The molecule has 22 heavy (non-hydrogen) atoms. The van der Waals surface area contributed by atoms with Crippen molar-refractivity contribution < 1.29 is 18.3 Å². The van der Waals surface area contributed by atoms with Gasteiger partial charge in [0, 0.05) is 17.8 Å². The van der Waals surface area contributed by atoms with Crippen LogP contribution in [0.3, 0.4) is 0 Å². The van der Waals surface area contributed by atoms with Gasteiger partial charge in [-0.2, -0.15) is 13.9 Å². The quantitative estimate of drug-likeness (QED) is 0.814. The van der Waals surface area contributed by atoms with Crippen molar-refractivity contribution in [1.29, 1.82) is 0 Å². The fourth-order valence-corrected chi connectivity index (χ4v) is 2.36. The zero-order valence-corrected chi connectivity index (χ0v) is 12.6. The highest BCUT2D eigenvalue weighted by Gasteiger charge is 2.19. The lowest BCUT2D eigenvalue weighted by Crippen LogP contribution is -2.36. The molecule has 0 radical (unpaired) electrons. The van der Waals surface area contributed by atoms with E-state index in [1.165, 1.54) is 12.4 Å². The first-order valence-electron chi connectivity index (χ1n) is 7.55. The number of nitrogens with one attached hydrogen (secondary N) is 1. The largest absolute Gasteiger partial charge is 0.450 e. The Morgan fingerprint density at radius 3 is 3.00 bits per heavy atom. The van der Waals surface area contributed by atoms with Crippen molar-refractivity contribution in [2.45, 2.75) is 51.6 Å². The van der Waals surface area contributed by atoms with E-state index in [9.17, 15) is 13.6 Å². The topological polar surface area (TPSA) is 56.1 Å². The molecule has 1 aliphatic rings. The van der Waals surface area contributed by atoms with Crippen LogP contribution < -0.4 is 5.32 Å². The van der Waals surface area contributed by atoms with Gasteiger partial charge in [-0.15, -0.1) is 0 Å². The second kappa shape index (κ2) is 7.91. The van der Waals surface area contributed by atoms with E-state index in [1.54, 1.807) is 0 Å². The zero-order valence-electron chi connectivity index (χ0n) is 12.6. The van der Waals surface area contributed by atoms with Gasteiger partial charge in [0.2, 0.25) is 0 Å². The van der Waals surface area contributed by atoms with Crippen molar-refractivity contribution in [3.8, 4) is 0 Å². The van der Waals surface area contributed by atoms with Crippen molar-refractivity contribution in [2.24, 2.45) is 0 Å². The number of nitrogens with zero attached hydrogens (tertiary/aromatic N) is 2. The predicted molar refractivity (Wildman–Crippen MR) is 78.5 cm³/mol. The molecule has 0 bridgehead atoms. The first-order chi connectivity index (χ1) is 10.6. The summed E-state index contributed by atoms with van der Waals surface area (Å²) in [7, 11) is 0. The number of rotatable bonds is 6. The summed E-state index contributed by atoms with van der Waals surface area (Å²) in [5.41, 5.74) is 1.70. The van der Waals surface area contributed by atoms with Crippen LogP contribution >= 0.6 is 0 Å². The number of allylic oxidation sites excluding steroid dienone is 1. The number of amides is 1. The Balaban J connectivity index is 1.82. The van der Waals surface area contributed by atoms with E-state index in [4.69, 9.17) is 4.74 Å². The predicted octanol–water partition coefficient (Wildman–Crippen LogP) is 3.74. The van der Waals surface area contributed by atoms with Crippen molar-refractivity contribution in [1.82, 2.24) is 15.1 Å². The van der Waals surface area contributed by atoms with Crippen molar-refractivity contribution >= 4 is 11.7 Å². The summed E-state index contributed by atoms with van der Waals surface area (Å²) in [6.07, 6.45) is 8.36. The molecule has 1 unspecified atom stereocenters. The summed E-state index contributed by atoms with van der Waals surface area (Å²) in [6.45, 7) is -0.154. The lowest BCUT2D eigenvalue weighted by Gasteiger charge is -2.22. The molecule has 1 atom stereocenters. The van der Waals surface area contributed by atoms with E-state index in [2.05, 4.69) is 10.4 Å². The third kappa shape index (κ3) is 4.54. The van der Waals surface area contributed by atoms with Crippen LogP contribution in [0.25, 0.3) is 5.57 Å². The number of unbranched alkanes of at least 4 members (excludes halogenated alkanes) is 1. The Morgan fingerprint density at radius 1 is 1.59 bits per heavy atom. The minimum atomic E-state index is -2.62. The van der Waals surface area contributed by atoms with Crippen LogP contribution in [-0.2, 0) is 4.74 Å². The van der Waals surface area contributed by atoms with E-state index in [0.717, 1.165) is 31.3 Å². The Bertz CT molecular complexity index is 529. The molecular formula is C15H21F2N3O2. The fraction of sp³-hybridized carbons (Fsp3) is 0.600. The summed E-state index contributed by atoms with van der Waals surface area (Å²) in [4.78, 5) is 11.6. The molecule has 2 rings (SSSR count). The Kier molecular flexibility index (Phi) is 5.91. The van der Waals surface area contributed by atoms with E-state index in [0.29, 0.717) is 23.3 Å². The van der Waals surface area contributed by atoms with Gasteiger partial charge in [0.05, 0.1) is 12.8 Å². The van der Waals surface area contributed by atoms with Crippen molar-refractivity contribution in [3.05, 3.63) is 24.0 Å². The van der Waals surface area contributed by atoms with Crippen LogP contribution in [0.15, 0.2) is 18.5 Å². The molecule has 7 heteroatoms. The van der Waals surface area contributed by atoms with E-state index < -0.39 is 6.55 Å². The smallest absolute Gasteiger partial charge is 0.407 e. The second-order valence-corrected chi connectivity index (χ2v) is 5.32. The number of hydrogen-bond acceptors (Lipinski definition) is 3. The summed E-state index contributed by atoms with van der Waals surface area (Å²) in [6, 6.07) is 0.0306. The van der Waals surface area contributed by atoms with E-state index in [-0.39, 0.29) is 12.1 Å². The Morgan fingerprint density at radius 2 is 2.41 bits per heavy atom. The summed E-state index contributed by atoms with van der Waals surface area (Å²) in [5.74, 6) is 0. The first kappa shape index (κ1) is 16.5. The maximum atomic E-state index is 12.5. The molecule has 5 nitrogen and oxygen atoms in total. The molecular weight excluding hydrogens is 292 g/mol. The third-order valence-corrected chi connectivity index (χ3v) is 3.64. The molecule has 1 N–H and O–H groups in total. The maximum Gasteiger partial charge on any atom is 0.407 e. The van der Waals surface area contributed by atoms with E-state index >= 15 is 0 Å². The summed E-state index contributed by atoms with van der Waals surface area (Å²) in [5, 5.41) is 6.46. The molecule has 0 fully saturated rings. The van der Waals surface area contributed by atoms with Gasteiger partial charge < -0.3 is 10.1 Å². The first-order valence-corrected chi connectivity index (χ1v) is 7.55. The van der Waals surface area contributed by atoms with Gasteiger partial charge in [-0.05, 0) is 31.3 Å². The number of halogens is 2. The highest BCUT2D eigenvalue weighted by molar-refractivity contribution is 5.69. The number of carbonyl (C=O) groups excluding carboxylic acids is 1. The number of alkyl halides is 2. The van der Waals surface area contributed by atoms with E-state index in [1.807, 2.05) is 13.0 Å². The molecule has 0 spiro atoms. The number of ether oxygens (including phenoxy) is 1. The zero-order chi connectivity index (χ0) is 15.9. The van der Waals surface area contributed by atoms with Gasteiger partial charge in [-0.1, -0.05) is 19.4 Å². The third-order valence-electron chi connectivity index (χ3n) is 3.64. The number of carbonyl (C=O) groups is 1. The molecule has 0 aromatic carbocycles. The van der Waals surface area contributed by atoms with Gasteiger partial charge in [0.15, 0.2) is 0 Å². The molecule has 1 aliphatic carbocycles. The van der Waals surface area contributed by atoms with Crippen molar-refractivity contribution in [3.63, 3.8) is 0 Å². The average Bonchev–Trinajstić information content (AvgIpc) is 2.98. The van der Waals surface area contributed by atoms with Crippen LogP contribution in [0.5, 0.6) is 0 Å². The average molecular weight is 313 g/mol. The van der Waals surface area contributed by atoms with Gasteiger partial charge in [-0.25, -0.2) is 9.48 Å². The number of hydrogen-bond donors (Lipinski definition) is 1. The number of aromatic nitrogens is 2. The molecule has 0 aliphatic heterocycles. The normalized spacial score (nSPS) is 18.2. The molecule has 1 heterocycles. The molecule has 0 saturated carbocycles. The lowest BCUT2D eigenvalue weighted by atomic mass is 9.92. The van der Waals surface area contributed by atoms with Crippen molar-refractivity contribution in [2.75, 3.05) is 6.61 Å². The molecule has 122 valence electrons. The highest BCUT2D eigenvalue weighted by atomic mass is 19.3. The molecule has 0 saturated heterocycles. The van der Waals surface area contributed by atoms with Gasteiger partial charge in [0.25, 0.3) is 0 Å². The SMILES string of the molecule is CCCCOC(=O)NC1CC=C(c2cnn(C(F)F)c2)CC1. The monoisotopic (exact) mass is 313 g/mol. The van der Waals surface area contributed by atoms with Crippen LogP contribution in [0.2, 0.25) is 0 Å². The summed E-state index contributed by atoms with van der Waals surface area (Å²) < 4.78 is 30.7. The highest BCUT2D eigenvalue weighted by Crippen LogP contribution is 2.27. The van der Waals surface area contributed by atoms with Crippen LogP contribution in [0.4, 0.5) is 13.6 Å². The lowest BCUT2D eigenvalue weighted by molar-refractivity contribution is 0.0566. The Labute approximate surface area is 128 Å². The maximum absolute atomic E-state index is 12.5. The van der Waals surface area contributed by atoms with Crippen LogP contribution in [0, 0.1) is 0 Å². The Hall–Kier alpha value is -1.92. The molecule has 1 aromatic rings. The van der Waals surface area contributed by atoms with Crippen LogP contribution in [-0.4, -0.2) is 28.5 Å². The molecule has 1 aromatic heterocycles. The second-order valence-electron chi connectivity index (χ2n) is 5.32. The number of alkyl carbamates (subject to hydrolysis) is 1. The van der Waals surface area contributed by atoms with Gasteiger partial charge >= 0.3 is 12.6 Å². The fourth-order valence-electron chi connectivity index (χ4n) is 2.36.